The predicted octanol–water partition coefficient (Wildman–Crippen LogP) is 1.91. The van der Waals surface area contributed by atoms with Gasteiger partial charge in [-0.2, -0.15) is 0 Å². The van der Waals surface area contributed by atoms with E-state index in [2.05, 4.69) is 5.32 Å². The van der Waals surface area contributed by atoms with Gasteiger partial charge in [0.2, 0.25) is 0 Å². The molecule has 2 atom stereocenters. The number of carbonyl (C=O) groups excluding carboxylic acids is 1. The van der Waals surface area contributed by atoms with E-state index in [9.17, 15) is 4.79 Å². The highest BCUT2D eigenvalue weighted by Gasteiger charge is 2.25. The zero-order valence-corrected chi connectivity index (χ0v) is 10.7. The number of carbonyl (C=O) groups is 1. The molecule has 0 radical (unpaired) electrons. The van der Waals surface area contributed by atoms with Crippen LogP contribution < -0.4 is 11.1 Å². The summed E-state index contributed by atoms with van der Waals surface area (Å²) in [5, 5.41) is 2.84. The molecule has 1 saturated heterocycles. The summed E-state index contributed by atoms with van der Waals surface area (Å²) >= 11 is 0. The second-order valence-electron chi connectivity index (χ2n) is 4.72. The average molecular weight is 249 g/mol. The van der Waals surface area contributed by atoms with Crippen molar-refractivity contribution in [1.82, 2.24) is 4.90 Å². The predicted molar refractivity (Wildman–Crippen MR) is 71.5 cm³/mol. The second kappa shape index (κ2) is 5.27. The molecular weight excluding hydrogens is 230 g/mol. The maximum Gasteiger partial charge on any atom is 0.322 e. The fourth-order valence-corrected chi connectivity index (χ4v) is 2.16. The first-order chi connectivity index (χ1) is 8.54. The largest absolute Gasteiger partial charge is 0.399 e. The number of nitrogen functional groups attached to an aromatic ring is 1. The third-order valence-electron chi connectivity index (χ3n) is 2.84. The summed E-state index contributed by atoms with van der Waals surface area (Å²) in [6, 6.07) is 7.05. The van der Waals surface area contributed by atoms with Gasteiger partial charge in [0.25, 0.3) is 0 Å². The first-order valence-corrected chi connectivity index (χ1v) is 6.11. The molecule has 0 spiro atoms. The molecule has 0 aromatic heterocycles. The molecule has 2 rings (SSSR count). The van der Waals surface area contributed by atoms with Crippen molar-refractivity contribution in [3.63, 3.8) is 0 Å². The van der Waals surface area contributed by atoms with Gasteiger partial charge in [0.15, 0.2) is 0 Å². The Morgan fingerprint density at radius 3 is 2.67 bits per heavy atom. The van der Waals surface area contributed by atoms with Gasteiger partial charge in [-0.15, -0.1) is 0 Å². The minimum atomic E-state index is -0.109. The Hall–Kier alpha value is -1.75. The van der Waals surface area contributed by atoms with Crippen LogP contribution >= 0.6 is 0 Å². The van der Waals surface area contributed by atoms with Crippen molar-refractivity contribution in [3.8, 4) is 0 Å². The van der Waals surface area contributed by atoms with Crippen molar-refractivity contribution in [2.75, 3.05) is 24.1 Å². The highest BCUT2D eigenvalue weighted by Crippen LogP contribution is 2.15. The van der Waals surface area contributed by atoms with Crippen molar-refractivity contribution in [2.45, 2.75) is 26.1 Å². The molecular formula is C13H19N3O2. The lowest BCUT2D eigenvalue weighted by molar-refractivity contribution is -0.0530. The summed E-state index contributed by atoms with van der Waals surface area (Å²) in [6.45, 7) is 5.16. The Morgan fingerprint density at radius 2 is 2.06 bits per heavy atom. The van der Waals surface area contributed by atoms with Crippen LogP contribution in [0.5, 0.6) is 0 Å². The topological polar surface area (TPSA) is 67.6 Å². The molecule has 1 fully saturated rings. The van der Waals surface area contributed by atoms with E-state index >= 15 is 0 Å². The molecule has 98 valence electrons. The molecule has 18 heavy (non-hydrogen) atoms. The van der Waals surface area contributed by atoms with Crippen LogP contribution in [0.15, 0.2) is 24.3 Å². The van der Waals surface area contributed by atoms with Gasteiger partial charge in [0, 0.05) is 24.5 Å². The van der Waals surface area contributed by atoms with Gasteiger partial charge in [0.1, 0.15) is 0 Å². The van der Waals surface area contributed by atoms with E-state index in [-0.39, 0.29) is 18.2 Å². The van der Waals surface area contributed by atoms with Gasteiger partial charge in [-0.1, -0.05) is 6.07 Å². The van der Waals surface area contributed by atoms with Gasteiger partial charge < -0.3 is 20.7 Å². The smallest absolute Gasteiger partial charge is 0.322 e. The van der Waals surface area contributed by atoms with Crippen LogP contribution in [0.2, 0.25) is 0 Å². The summed E-state index contributed by atoms with van der Waals surface area (Å²) in [4.78, 5) is 13.9. The van der Waals surface area contributed by atoms with Crippen molar-refractivity contribution in [1.29, 1.82) is 0 Å². The minimum Gasteiger partial charge on any atom is -0.399 e. The molecule has 2 amide bonds. The van der Waals surface area contributed by atoms with E-state index in [1.807, 2.05) is 26.0 Å². The monoisotopic (exact) mass is 249 g/mol. The maximum atomic E-state index is 12.1. The molecule has 1 aromatic carbocycles. The normalized spacial score (nSPS) is 23.8. The first-order valence-electron chi connectivity index (χ1n) is 6.11. The molecule has 1 heterocycles. The quantitative estimate of drug-likeness (QED) is 0.747. The average Bonchev–Trinajstić information content (AvgIpc) is 2.27. The number of benzene rings is 1. The molecule has 1 aromatic rings. The third kappa shape index (κ3) is 3.13. The maximum absolute atomic E-state index is 12.1. The van der Waals surface area contributed by atoms with Crippen LogP contribution in [0, 0.1) is 0 Å². The standard InChI is InChI=1S/C13H19N3O2/c1-9-7-16(8-10(2)18-9)13(17)15-12-5-3-4-11(14)6-12/h3-6,9-10H,7-8,14H2,1-2H3,(H,15,17). The fraction of sp³-hybridized carbons (Fsp3) is 0.462. The molecule has 0 saturated carbocycles. The van der Waals surface area contributed by atoms with Gasteiger partial charge in [-0.3, -0.25) is 0 Å². The van der Waals surface area contributed by atoms with Crippen LogP contribution in [0.25, 0.3) is 0 Å². The van der Waals surface area contributed by atoms with Crippen molar-refractivity contribution < 1.29 is 9.53 Å². The van der Waals surface area contributed by atoms with Crippen LogP contribution in [0.3, 0.4) is 0 Å². The summed E-state index contributed by atoms with van der Waals surface area (Å²) in [7, 11) is 0. The highest BCUT2D eigenvalue weighted by atomic mass is 16.5. The summed E-state index contributed by atoms with van der Waals surface area (Å²) in [5.74, 6) is 0. The zero-order valence-electron chi connectivity index (χ0n) is 10.7. The lowest BCUT2D eigenvalue weighted by Crippen LogP contribution is -2.49. The number of morpholine rings is 1. The van der Waals surface area contributed by atoms with Gasteiger partial charge in [0.05, 0.1) is 12.2 Å². The molecule has 2 unspecified atom stereocenters. The zero-order chi connectivity index (χ0) is 13.1. The molecule has 3 N–H and O–H groups in total. The number of nitrogens with one attached hydrogen (secondary N) is 1. The highest BCUT2D eigenvalue weighted by molar-refractivity contribution is 5.89. The second-order valence-corrected chi connectivity index (χ2v) is 4.72. The molecule has 0 bridgehead atoms. The van der Waals surface area contributed by atoms with E-state index in [0.29, 0.717) is 24.5 Å². The number of rotatable bonds is 1. The Morgan fingerprint density at radius 1 is 1.39 bits per heavy atom. The Kier molecular flexibility index (Phi) is 3.72. The Labute approximate surface area is 107 Å². The van der Waals surface area contributed by atoms with E-state index in [4.69, 9.17) is 10.5 Å². The van der Waals surface area contributed by atoms with E-state index in [0.717, 1.165) is 0 Å². The summed E-state index contributed by atoms with van der Waals surface area (Å²) < 4.78 is 5.59. The molecule has 5 heteroatoms. The number of hydrogen-bond donors (Lipinski definition) is 2. The van der Waals surface area contributed by atoms with Crippen LogP contribution in [0.1, 0.15) is 13.8 Å². The lowest BCUT2D eigenvalue weighted by Gasteiger charge is -2.35. The van der Waals surface area contributed by atoms with E-state index in [1.165, 1.54) is 0 Å². The van der Waals surface area contributed by atoms with Gasteiger partial charge in [-0.25, -0.2) is 4.79 Å². The molecule has 1 aliphatic heterocycles. The third-order valence-corrected chi connectivity index (χ3v) is 2.84. The number of nitrogens with zero attached hydrogens (tertiary/aromatic N) is 1. The van der Waals surface area contributed by atoms with Crippen molar-refractivity contribution in [3.05, 3.63) is 24.3 Å². The minimum absolute atomic E-state index is 0.0698. The SMILES string of the molecule is CC1CN(C(=O)Nc2cccc(N)c2)CC(C)O1. The summed E-state index contributed by atoms with van der Waals surface area (Å²) in [6.07, 6.45) is 0.140. The molecule has 0 aliphatic carbocycles. The van der Waals surface area contributed by atoms with Gasteiger partial charge in [-0.05, 0) is 32.0 Å². The molecule has 1 aliphatic rings. The van der Waals surface area contributed by atoms with Crippen molar-refractivity contribution >= 4 is 17.4 Å². The van der Waals surface area contributed by atoms with Gasteiger partial charge >= 0.3 is 6.03 Å². The van der Waals surface area contributed by atoms with Crippen LogP contribution in [-0.2, 0) is 4.74 Å². The Bertz CT molecular complexity index is 426. The lowest BCUT2D eigenvalue weighted by atomic mass is 10.2. The van der Waals surface area contributed by atoms with E-state index in [1.54, 1.807) is 17.0 Å². The number of amides is 2. The van der Waals surface area contributed by atoms with Crippen molar-refractivity contribution in [2.24, 2.45) is 0 Å². The number of hydrogen-bond acceptors (Lipinski definition) is 3. The summed E-state index contributed by atoms with van der Waals surface area (Å²) in [5.41, 5.74) is 7.02. The number of urea groups is 1. The van der Waals surface area contributed by atoms with Crippen LogP contribution in [0.4, 0.5) is 16.2 Å². The number of ether oxygens (including phenoxy) is 1. The fourth-order valence-electron chi connectivity index (χ4n) is 2.16. The molecule has 5 nitrogen and oxygen atoms in total. The number of nitrogens with two attached hydrogens (primary N) is 1. The number of anilines is 2. The van der Waals surface area contributed by atoms with E-state index < -0.39 is 0 Å². The Balaban J connectivity index is 1.99. The van der Waals surface area contributed by atoms with Crippen LogP contribution in [-0.4, -0.2) is 36.2 Å². The first kappa shape index (κ1) is 12.7.